The Morgan fingerprint density at radius 1 is 1.50 bits per heavy atom. The third kappa shape index (κ3) is 4.69. The summed E-state index contributed by atoms with van der Waals surface area (Å²) in [6, 6.07) is 0. The predicted octanol–water partition coefficient (Wildman–Crippen LogP) is 1.86. The van der Waals surface area contributed by atoms with Crippen LogP contribution < -0.4 is 0 Å². The molecule has 0 aromatic heterocycles. The van der Waals surface area contributed by atoms with Crippen LogP contribution in [-0.2, 0) is 0 Å². The fourth-order valence-corrected chi connectivity index (χ4v) is 1.16. The lowest BCUT2D eigenvalue weighted by molar-refractivity contribution is 0.549. The lowest BCUT2D eigenvalue weighted by Crippen LogP contribution is -1.91. The molecule has 0 heterocycles. The normalized spacial score (nSPS) is 13.8. The van der Waals surface area contributed by atoms with Crippen LogP contribution in [0.1, 0.15) is 33.1 Å². The zero-order valence-corrected chi connectivity index (χ0v) is 8.41. The summed E-state index contributed by atoms with van der Waals surface area (Å²) in [5.41, 5.74) is 0. The van der Waals surface area contributed by atoms with Gasteiger partial charge >= 0.3 is 0 Å². The van der Waals surface area contributed by atoms with E-state index in [0.717, 1.165) is 5.92 Å². The van der Waals surface area contributed by atoms with E-state index in [0.29, 0.717) is 0 Å². The van der Waals surface area contributed by atoms with Crippen LogP contribution in [0.2, 0.25) is 5.28 Å². The highest BCUT2D eigenvalue weighted by atomic mass is 27.0. The molecule has 0 rings (SSSR count). The van der Waals surface area contributed by atoms with Gasteiger partial charge in [0.25, 0.3) is 0 Å². The van der Waals surface area contributed by atoms with E-state index >= 15 is 0 Å². The largest absolute Gasteiger partial charge is 0.212 e. The van der Waals surface area contributed by atoms with Crippen molar-refractivity contribution in [2.45, 2.75) is 38.4 Å². The second-order valence-corrected chi connectivity index (χ2v) is 3.47. The average molecular weight is 128 g/mol. The molecule has 0 spiro atoms. The standard InChI is InChI=1S/C7H15.Al.2H/c1-4-5-6-7(2)3;;;/h7H,2,4-6H2,1,3H3;;;. The van der Waals surface area contributed by atoms with Crippen LogP contribution in [0.5, 0.6) is 0 Å². The minimum absolute atomic E-state index is 1.02. The van der Waals surface area contributed by atoms with Crippen LogP contribution >= 0.6 is 0 Å². The smallest absolute Gasteiger partial charge is 0.0987 e. The van der Waals surface area contributed by atoms with Crippen molar-refractivity contribution in [3.63, 3.8) is 0 Å². The van der Waals surface area contributed by atoms with E-state index in [1.54, 1.807) is 0 Å². The quantitative estimate of drug-likeness (QED) is 0.507. The van der Waals surface area contributed by atoms with Crippen molar-refractivity contribution in [2.75, 3.05) is 0 Å². The summed E-state index contributed by atoms with van der Waals surface area (Å²) in [7, 11) is 0. The van der Waals surface area contributed by atoms with Crippen molar-refractivity contribution in [2.24, 2.45) is 5.92 Å². The molecule has 0 saturated heterocycles. The first kappa shape index (κ1) is 8.53. The highest BCUT2D eigenvalue weighted by Crippen LogP contribution is 2.09. The van der Waals surface area contributed by atoms with E-state index in [9.17, 15) is 0 Å². The highest BCUT2D eigenvalue weighted by molar-refractivity contribution is 6.08. The Labute approximate surface area is 61.1 Å². The molecular formula is C7H17Al. The van der Waals surface area contributed by atoms with Crippen LogP contribution in [0.25, 0.3) is 0 Å². The minimum Gasteiger partial charge on any atom is -0.0987 e. The lowest BCUT2D eigenvalue weighted by Gasteiger charge is -2.04. The summed E-state index contributed by atoms with van der Waals surface area (Å²) in [6.07, 6.45) is 4.26. The van der Waals surface area contributed by atoms with E-state index in [2.05, 4.69) is 13.8 Å². The monoisotopic (exact) mass is 128 g/mol. The number of unbranched alkanes of at least 4 members (excludes halogenated alkanes) is 1. The van der Waals surface area contributed by atoms with Crippen molar-refractivity contribution in [3.8, 4) is 0 Å². The first-order valence-electron chi connectivity index (χ1n) is 3.81. The zero-order valence-electron chi connectivity index (χ0n) is 6.41. The molecule has 0 bridgehead atoms. The summed E-state index contributed by atoms with van der Waals surface area (Å²) >= 11 is 1.39. The maximum absolute atomic E-state index is 2.36. The SMILES string of the molecule is CCCCC(C)[CH2][AlH2]. The maximum Gasteiger partial charge on any atom is 0.212 e. The van der Waals surface area contributed by atoms with E-state index in [1.807, 2.05) is 0 Å². The molecule has 0 radical (unpaired) electrons. The van der Waals surface area contributed by atoms with Crippen molar-refractivity contribution < 1.29 is 0 Å². The van der Waals surface area contributed by atoms with E-state index in [1.165, 1.54) is 40.8 Å². The molecule has 0 amide bonds. The molecule has 0 aromatic carbocycles. The summed E-state index contributed by atoms with van der Waals surface area (Å²) in [5.74, 6) is 1.02. The van der Waals surface area contributed by atoms with E-state index < -0.39 is 0 Å². The topological polar surface area (TPSA) is 0 Å². The zero-order chi connectivity index (χ0) is 6.41. The molecular weight excluding hydrogens is 111 g/mol. The van der Waals surface area contributed by atoms with Gasteiger partial charge in [0.2, 0.25) is 16.3 Å². The molecule has 0 aliphatic heterocycles. The number of hydrogen-bond donors (Lipinski definition) is 0. The molecule has 1 heteroatoms. The first-order valence-corrected chi connectivity index (χ1v) is 5.22. The molecule has 0 saturated carbocycles. The van der Waals surface area contributed by atoms with Crippen LogP contribution in [-0.4, -0.2) is 16.3 Å². The van der Waals surface area contributed by atoms with Crippen molar-refractivity contribution in [1.29, 1.82) is 0 Å². The summed E-state index contributed by atoms with van der Waals surface area (Å²) < 4.78 is 0. The molecule has 0 aromatic rings. The molecule has 1 unspecified atom stereocenters. The van der Waals surface area contributed by atoms with Gasteiger partial charge in [-0.05, 0) is 0 Å². The molecule has 8 heavy (non-hydrogen) atoms. The molecule has 0 fully saturated rings. The van der Waals surface area contributed by atoms with Crippen LogP contribution in [0.3, 0.4) is 0 Å². The van der Waals surface area contributed by atoms with Crippen LogP contribution in [0.15, 0.2) is 0 Å². The average Bonchev–Trinajstić information content (AvgIpc) is 1.83. The van der Waals surface area contributed by atoms with Gasteiger partial charge in [-0.25, -0.2) is 0 Å². The second kappa shape index (κ2) is 5.67. The Balaban J connectivity index is 2.86. The Kier molecular flexibility index (Phi) is 6.04. The molecule has 1 atom stereocenters. The number of rotatable bonds is 4. The molecule has 48 valence electrons. The highest BCUT2D eigenvalue weighted by Gasteiger charge is 1.94. The van der Waals surface area contributed by atoms with Crippen LogP contribution in [0, 0.1) is 5.92 Å². The van der Waals surface area contributed by atoms with Gasteiger partial charge in [0, 0.05) is 0 Å². The fourth-order valence-electron chi connectivity index (χ4n) is 0.757. The van der Waals surface area contributed by atoms with Crippen molar-refractivity contribution >= 4 is 16.3 Å². The van der Waals surface area contributed by atoms with Gasteiger partial charge in [-0.3, -0.25) is 0 Å². The van der Waals surface area contributed by atoms with Gasteiger partial charge in [-0.15, -0.1) is 0 Å². The maximum atomic E-state index is 2.36. The second-order valence-electron chi connectivity index (χ2n) is 2.66. The molecule has 0 aliphatic rings. The van der Waals surface area contributed by atoms with Gasteiger partial charge in [-0.1, -0.05) is 44.3 Å². The number of hydrogen-bond acceptors (Lipinski definition) is 0. The van der Waals surface area contributed by atoms with Gasteiger partial charge in [0.05, 0.1) is 0 Å². The van der Waals surface area contributed by atoms with Gasteiger partial charge < -0.3 is 0 Å². The Morgan fingerprint density at radius 2 is 2.12 bits per heavy atom. The summed E-state index contributed by atoms with van der Waals surface area (Å²) in [5, 5.41) is 1.49. The van der Waals surface area contributed by atoms with Gasteiger partial charge in [-0.2, -0.15) is 0 Å². The van der Waals surface area contributed by atoms with Crippen LogP contribution in [0.4, 0.5) is 0 Å². The Morgan fingerprint density at radius 3 is 2.50 bits per heavy atom. The lowest BCUT2D eigenvalue weighted by atomic mass is 10.1. The van der Waals surface area contributed by atoms with Crippen molar-refractivity contribution in [3.05, 3.63) is 0 Å². The van der Waals surface area contributed by atoms with Gasteiger partial charge in [0.15, 0.2) is 0 Å². The minimum atomic E-state index is 1.02. The summed E-state index contributed by atoms with van der Waals surface area (Å²) in [6.45, 7) is 4.63. The molecule has 0 nitrogen and oxygen atoms in total. The molecule has 0 N–H and O–H groups in total. The Hall–Kier alpha value is 0.532. The predicted molar refractivity (Wildman–Crippen MR) is 42.0 cm³/mol. The molecule has 0 aliphatic carbocycles. The van der Waals surface area contributed by atoms with E-state index in [4.69, 9.17) is 0 Å². The Bertz CT molecular complexity index is 43.7. The fraction of sp³-hybridized carbons (Fsp3) is 1.00. The first-order chi connectivity index (χ1) is 3.81. The van der Waals surface area contributed by atoms with Gasteiger partial charge in [0.1, 0.15) is 0 Å². The van der Waals surface area contributed by atoms with E-state index in [-0.39, 0.29) is 0 Å². The van der Waals surface area contributed by atoms with Crippen molar-refractivity contribution in [1.82, 2.24) is 0 Å². The third-order valence-electron chi connectivity index (χ3n) is 1.75. The summed E-state index contributed by atoms with van der Waals surface area (Å²) in [4.78, 5) is 0. The third-order valence-corrected chi connectivity index (χ3v) is 3.14.